The third-order valence-corrected chi connectivity index (χ3v) is 2.62. The molecule has 0 N–H and O–H groups in total. The van der Waals surface area contributed by atoms with E-state index in [0.717, 1.165) is 5.56 Å². The molecule has 0 fully saturated rings. The van der Waals surface area contributed by atoms with E-state index in [1.807, 2.05) is 0 Å². The standard InChI is InChI=1S/C13H10ClF2NO/c14-13-12(16)7-11(8-17-13)18-6-5-9-1-3-10(15)4-2-9/h1-4,7-8H,5-6H2. The number of nitrogens with zero attached hydrogens (tertiary/aromatic N) is 1. The van der Waals surface area contributed by atoms with E-state index in [0.29, 0.717) is 18.8 Å². The van der Waals surface area contributed by atoms with Crippen molar-refractivity contribution in [3.63, 3.8) is 0 Å². The van der Waals surface area contributed by atoms with Gasteiger partial charge in [0, 0.05) is 12.5 Å². The van der Waals surface area contributed by atoms with Gasteiger partial charge in [-0.05, 0) is 17.7 Å². The van der Waals surface area contributed by atoms with Crippen LogP contribution in [0.2, 0.25) is 5.15 Å². The average Bonchev–Trinajstić information content (AvgIpc) is 2.36. The molecule has 0 amide bonds. The Morgan fingerprint density at radius 1 is 1.17 bits per heavy atom. The lowest BCUT2D eigenvalue weighted by atomic mass is 10.2. The van der Waals surface area contributed by atoms with Gasteiger partial charge in [0.2, 0.25) is 0 Å². The molecule has 1 heterocycles. The summed E-state index contributed by atoms with van der Waals surface area (Å²) in [5.74, 6) is -0.571. The van der Waals surface area contributed by atoms with Crippen molar-refractivity contribution in [1.29, 1.82) is 0 Å². The third-order valence-electron chi connectivity index (χ3n) is 2.34. The highest BCUT2D eigenvalue weighted by Gasteiger charge is 2.03. The first-order valence-corrected chi connectivity index (χ1v) is 5.71. The molecule has 2 nitrogen and oxygen atoms in total. The smallest absolute Gasteiger partial charge is 0.164 e. The second-order valence-electron chi connectivity index (χ2n) is 3.67. The van der Waals surface area contributed by atoms with Gasteiger partial charge in [-0.2, -0.15) is 0 Å². The predicted molar refractivity (Wildman–Crippen MR) is 64.8 cm³/mol. The highest BCUT2D eigenvalue weighted by Crippen LogP contribution is 2.17. The van der Waals surface area contributed by atoms with Crippen molar-refractivity contribution in [2.75, 3.05) is 6.61 Å². The van der Waals surface area contributed by atoms with Crippen molar-refractivity contribution in [3.05, 3.63) is 58.9 Å². The first kappa shape index (κ1) is 12.8. The maximum atomic E-state index is 13.1. The quantitative estimate of drug-likeness (QED) is 0.791. The molecule has 0 atom stereocenters. The monoisotopic (exact) mass is 269 g/mol. The van der Waals surface area contributed by atoms with Crippen molar-refractivity contribution >= 4 is 11.6 Å². The zero-order valence-corrected chi connectivity index (χ0v) is 10.1. The van der Waals surface area contributed by atoms with Crippen LogP contribution >= 0.6 is 11.6 Å². The molecule has 1 aromatic carbocycles. The molecule has 0 saturated heterocycles. The van der Waals surface area contributed by atoms with Gasteiger partial charge in [0.05, 0.1) is 12.8 Å². The SMILES string of the molecule is Fc1ccc(CCOc2cnc(Cl)c(F)c2)cc1. The number of rotatable bonds is 4. The Morgan fingerprint density at radius 2 is 1.89 bits per heavy atom. The summed E-state index contributed by atoms with van der Waals surface area (Å²) in [5.41, 5.74) is 0.943. The summed E-state index contributed by atoms with van der Waals surface area (Å²) in [6, 6.07) is 7.32. The summed E-state index contributed by atoms with van der Waals surface area (Å²) in [6.45, 7) is 0.356. The van der Waals surface area contributed by atoms with Gasteiger partial charge in [-0.1, -0.05) is 23.7 Å². The maximum Gasteiger partial charge on any atom is 0.164 e. The summed E-state index contributed by atoms with van der Waals surface area (Å²) in [7, 11) is 0. The molecule has 0 radical (unpaired) electrons. The molecule has 1 aromatic heterocycles. The zero-order chi connectivity index (χ0) is 13.0. The van der Waals surface area contributed by atoms with Crippen LogP contribution in [0.25, 0.3) is 0 Å². The first-order chi connectivity index (χ1) is 8.65. The van der Waals surface area contributed by atoms with E-state index < -0.39 is 5.82 Å². The van der Waals surface area contributed by atoms with E-state index in [9.17, 15) is 8.78 Å². The number of aromatic nitrogens is 1. The Kier molecular flexibility index (Phi) is 4.10. The average molecular weight is 270 g/mol. The van der Waals surface area contributed by atoms with Crippen LogP contribution in [-0.4, -0.2) is 11.6 Å². The number of halogens is 3. The molecule has 0 aliphatic heterocycles. The largest absolute Gasteiger partial charge is 0.492 e. The minimum absolute atomic E-state index is 0.180. The summed E-state index contributed by atoms with van der Waals surface area (Å²) >= 11 is 5.45. The van der Waals surface area contributed by atoms with E-state index in [4.69, 9.17) is 16.3 Å². The fraction of sp³-hybridized carbons (Fsp3) is 0.154. The van der Waals surface area contributed by atoms with Crippen molar-refractivity contribution in [2.24, 2.45) is 0 Å². The van der Waals surface area contributed by atoms with Gasteiger partial charge in [0.15, 0.2) is 11.0 Å². The summed E-state index contributed by atoms with van der Waals surface area (Å²) in [4.78, 5) is 3.63. The fourth-order valence-electron chi connectivity index (χ4n) is 1.42. The molecule has 2 aromatic rings. The number of hydrogen-bond acceptors (Lipinski definition) is 2. The van der Waals surface area contributed by atoms with Crippen LogP contribution in [0, 0.1) is 11.6 Å². The van der Waals surface area contributed by atoms with Crippen LogP contribution in [0.1, 0.15) is 5.56 Å². The van der Waals surface area contributed by atoms with Crippen LogP contribution < -0.4 is 4.74 Å². The van der Waals surface area contributed by atoms with Crippen LogP contribution in [0.3, 0.4) is 0 Å². The molecule has 0 unspecified atom stereocenters. The van der Waals surface area contributed by atoms with Crippen LogP contribution in [0.15, 0.2) is 36.5 Å². The summed E-state index contributed by atoms with van der Waals surface area (Å²) in [5, 5.41) is -0.180. The van der Waals surface area contributed by atoms with Crippen molar-refractivity contribution in [3.8, 4) is 5.75 Å². The Morgan fingerprint density at radius 3 is 2.56 bits per heavy atom. The molecule has 5 heteroatoms. The summed E-state index contributed by atoms with van der Waals surface area (Å²) in [6.07, 6.45) is 1.96. The molecule has 18 heavy (non-hydrogen) atoms. The molecule has 2 rings (SSSR count). The molecule has 0 aliphatic carbocycles. The Labute approximate surface area is 108 Å². The number of ether oxygens (including phenoxy) is 1. The number of pyridine rings is 1. The molecule has 0 spiro atoms. The molecule has 0 aliphatic rings. The Bertz CT molecular complexity index is 531. The first-order valence-electron chi connectivity index (χ1n) is 5.33. The Hall–Kier alpha value is -1.68. The van der Waals surface area contributed by atoms with Crippen LogP contribution in [-0.2, 0) is 6.42 Å². The topological polar surface area (TPSA) is 22.1 Å². The van der Waals surface area contributed by atoms with Gasteiger partial charge in [-0.15, -0.1) is 0 Å². The van der Waals surface area contributed by atoms with Gasteiger partial charge in [-0.25, -0.2) is 13.8 Å². The lowest BCUT2D eigenvalue weighted by Gasteiger charge is -2.06. The minimum atomic E-state index is -0.615. The van der Waals surface area contributed by atoms with Gasteiger partial charge >= 0.3 is 0 Å². The number of benzene rings is 1. The van der Waals surface area contributed by atoms with E-state index in [2.05, 4.69) is 4.98 Å². The van der Waals surface area contributed by atoms with Crippen LogP contribution in [0.4, 0.5) is 8.78 Å². The second-order valence-corrected chi connectivity index (χ2v) is 4.03. The van der Waals surface area contributed by atoms with Crippen molar-refractivity contribution < 1.29 is 13.5 Å². The lowest BCUT2D eigenvalue weighted by Crippen LogP contribution is -2.02. The van der Waals surface area contributed by atoms with Crippen molar-refractivity contribution in [2.45, 2.75) is 6.42 Å². The molecule has 0 bridgehead atoms. The predicted octanol–water partition coefficient (Wildman–Crippen LogP) is 3.63. The molecule has 94 valence electrons. The third kappa shape index (κ3) is 3.40. The Balaban J connectivity index is 1.88. The van der Waals surface area contributed by atoms with Gasteiger partial charge in [0.25, 0.3) is 0 Å². The van der Waals surface area contributed by atoms with Crippen molar-refractivity contribution in [1.82, 2.24) is 4.98 Å². The van der Waals surface area contributed by atoms with Gasteiger partial charge < -0.3 is 4.74 Å². The normalized spacial score (nSPS) is 10.4. The van der Waals surface area contributed by atoms with E-state index in [-0.39, 0.29) is 11.0 Å². The van der Waals surface area contributed by atoms with E-state index in [1.165, 1.54) is 24.4 Å². The fourth-order valence-corrected chi connectivity index (χ4v) is 1.52. The van der Waals surface area contributed by atoms with Gasteiger partial charge in [0.1, 0.15) is 11.6 Å². The molecule has 0 saturated carbocycles. The number of hydrogen-bond donors (Lipinski definition) is 0. The van der Waals surface area contributed by atoms with Crippen LogP contribution in [0.5, 0.6) is 5.75 Å². The molecular formula is C13H10ClF2NO. The van der Waals surface area contributed by atoms with Gasteiger partial charge in [-0.3, -0.25) is 0 Å². The highest BCUT2D eigenvalue weighted by molar-refractivity contribution is 6.29. The highest BCUT2D eigenvalue weighted by atomic mass is 35.5. The minimum Gasteiger partial charge on any atom is -0.492 e. The summed E-state index contributed by atoms with van der Waals surface area (Å²) < 4.78 is 31.0. The lowest BCUT2D eigenvalue weighted by molar-refractivity contribution is 0.318. The van der Waals surface area contributed by atoms with E-state index in [1.54, 1.807) is 12.1 Å². The zero-order valence-electron chi connectivity index (χ0n) is 9.37. The maximum absolute atomic E-state index is 13.1. The molecular weight excluding hydrogens is 260 g/mol. The second kappa shape index (κ2) is 5.78. The van der Waals surface area contributed by atoms with E-state index >= 15 is 0 Å².